The molecule has 0 heterocycles. The fourth-order valence-electron chi connectivity index (χ4n) is 0.959. The summed E-state index contributed by atoms with van der Waals surface area (Å²) < 4.78 is 0.896. The van der Waals surface area contributed by atoms with E-state index in [1.807, 2.05) is 0 Å². The first kappa shape index (κ1) is 9.60. The second-order valence-corrected chi connectivity index (χ2v) is 3.25. The molecule has 0 amide bonds. The molecule has 0 unspecified atom stereocenters. The molecular weight excluding hydrogens is 259 g/mol. The second kappa shape index (κ2) is 5.21. The van der Waals surface area contributed by atoms with E-state index in [4.69, 9.17) is 0 Å². The Morgan fingerprint density at radius 2 is 1.92 bits per heavy atom. The van der Waals surface area contributed by atoms with Crippen molar-refractivity contribution in [2.75, 3.05) is 4.43 Å². The highest BCUT2D eigenvalue weighted by Crippen LogP contribution is 2.03. The van der Waals surface area contributed by atoms with Gasteiger partial charge in [-0.15, -0.1) is 0 Å². The summed E-state index contributed by atoms with van der Waals surface area (Å²) in [5, 5.41) is 0. The van der Waals surface area contributed by atoms with Crippen LogP contribution in [0.15, 0.2) is 24.3 Å². The molecule has 0 spiro atoms. The SMILES string of the molecule is CCc1ccc(C#CCI)cc1. The molecule has 0 bridgehead atoms. The first-order valence-electron chi connectivity index (χ1n) is 4.00. The average Bonchev–Trinajstić information content (AvgIpc) is 2.15. The van der Waals surface area contributed by atoms with Gasteiger partial charge in [0.15, 0.2) is 0 Å². The summed E-state index contributed by atoms with van der Waals surface area (Å²) in [6.45, 7) is 2.16. The molecule has 0 aliphatic heterocycles. The maximum absolute atomic E-state index is 3.09. The van der Waals surface area contributed by atoms with Gasteiger partial charge in [-0.05, 0) is 24.1 Å². The summed E-state index contributed by atoms with van der Waals surface area (Å²) in [4.78, 5) is 0. The van der Waals surface area contributed by atoms with Crippen molar-refractivity contribution >= 4 is 22.6 Å². The van der Waals surface area contributed by atoms with Gasteiger partial charge in [-0.2, -0.15) is 0 Å². The van der Waals surface area contributed by atoms with Crippen LogP contribution < -0.4 is 0 Å². The highest BCUT2D eigenvalue weighted by Gasteiger charge is 1.87. The van der Waals surface area contributed by atoms with Crippen LogP contribution in [-0.2, 0) is 6.42 Å². The van der Waals surface area contributed by atoms with Crippen molar-refractivity contribution in [3.05, 3.63) is 35.4 Å². The summed E-state index contributed by atoms with van der Waals surface area (Å²) >= 11 is 2.25. The van der Waals surface area contributed by atoms with Crippen molar-refractivity contribution in [3.8, 4) is 11.8 Å². The van der Waals surface area contributed by atoms with Gasteiger partial charge in [0, 0.05) is 5.56 Å². The third-order valence-corrected chi connectivity index (χ3v) is 2.04. The van der Waals surface area contributed by atoms with Crippen molar-refractivity contribution in [1.82, 2.24) is 0 Å². The minimum atomic E-state index is 0.896. The van der Waals surface area contributed by atoms with E-state index in [9.17, 15) is 0 Å². The zero-order chi connectivity index (χ0) is 8.81. The Labute approximate surface area is 87.5 Å². The van der Waals surface area contributed by atoms with Crippen molar-refractivity contribution < 1.29 is 0 Å². The van der Waals surface area contributed by atoms with Crippen molar-refractivity contribution in [2.45, 2.75) is 13.3 Å². The first-order chi connectivity index (χ1) is 5.86. The lowest BCUT2D eigenvalue weighted by Gasteiger charge is -1.94. The molecule has 62 valence electrons. The van der Waals surface area contributed by atoms with Gasteiger partial charge in [-0.25, -0.2) is 0 Å². The van der Waals surface area contributed by atoms with Gasteiger partial charge in [0.25, 0.3) is 0 Å². The minimum Gasteiger partial charge on any atom is -0.0872 e. The average molecular weight is 270 g/mol. The van der Waals surface area contributed by atoms with E-state index in [-0.39, 0.29) is 0 Å². The lowest BCUT2D eigenvalue weighted by Crippen LogP contribution is -1.79. The Balaban J connectivity index is 2.78. The molecule has 0 aliphatic carbocycles. The van der Waals surface area contributed by atoms with Gasteiger partial charge in [0.05, 0.1) is 4.43 Å². The van der Waals surface area contributed by atoms with Gasteiger partial charge in [0.1, 0.15) is 0 Å². The third kappa shape index (κ3) is 2.86. The Morgan fingerprint density at radius 3 is 2.42 bits per heavy atom. The fraction of sp³-hybridized carbons (Fsp3) is 0.273. The standard InChI is InChI=1S/C11H11I/c1-2-10-5-7-11(8-6-10)4-3-9-12/h5-8H,2,9H2,1H3. The normalized spacial score (nSPS) is 8.83. The Hall–Kier alpha value is -0.490. The van der Waals surface area contributed by atoms with E-state index < -0.39 is 0 Å². The quantitative estimate of drug-likeness (QED) is 0.418. The monoisotopic (exact) mass is 270 g/mol. The number of alkyl halides is 1. The van der Waals surface area contributed by atoms with Crippen molar-refractivity contribution in [2.24, 2.45) is 0 Å². The van der Waals surface area contributed by atoms with E-state index in [1.54, 1.807) is 0 Å². The maximum atomic E-state index is 3.09. The lowest BCUT2D eigenvalue weighted by molar-refractivity contribution is 1.14. The minimum absolute atomic E-state index is 0.896. The number of hydrogen-bond donors (Lipinski definition) is 0. The third-order valence-electron chi connectivity index (χ3n) is 1.66. The van der Waals surface area contributed by atoms with Gasteiger partial charge >= 0.3 is 0 Å². The second-order valence-electron chi connectivity index (χ2n) is 2.49. The highest BCUT2D eigenvalue weighted by molar-refractivity contribution is 14.1. The molecule has 1 aromatic rings. The summed E-state index contributed by atoms with van der Waals surface area (Å²) in [6.07, 6.45) is 1.10. The van der Waals surface area contributed by atoms with Gasteiger partial charge < -0.3 is 0 Å². The Kier molecular flexibility index (Phi) is 4.16. The van der Waals surface area contributed by atoms with E-state index >= 15 is 0 Å². The summed E-state index contributed by atoms with van der Waals surface area (Å²) in [5.41, 5.74) is 2.49. The van der Waals surface area contributed by atoms with E-state index in [1.165, 1.54) is 5.56 Å². The molecule has 0 aromatic heterocycles. The summed E-state index contributed by atoms with van der Waals surface area (Å²) in [5.74, 6) is 6.13. The maximum Gasteiger partial charge on any atom is 0.0613 e. The predicted octanol–water partition coefficient (Wildman–Crippen LogP) is 3.04. The van der Waals surface area contributed by atoms with E-state index in [0.29, 0.717) is 0 Å². The number of benzene rings is 1. The lowest BCUT2D eigenvalue weighted by atomic mass is 10.1. The molecule has 0 aliphatic rings. The van der Waals surface area contributed by atoms with Crippen molar-refractivity contribution in [3.63, 3.8) is 0 Å². The first-order valence-corrected chi connectivity index (χ1v) is 5.53. The molecule has 0 atom stereocenters. The molecule has 12 heavy (non-hydrogen) atoms. The topological polar surface area (TPSA) is 0 Å². The van der Waals surface area contributed by atoms with Gasteiger partial charge in [0.2, 0.25) is 0 Å². The molecular formula is C11H11I. The summed E-state index contributed by atoms with van der Waals surface area (Å²) in [7, 11) is 0. The van der Waals surface area contributed by atoms with Crippen LogP contribution in [0.5, 0.6) is 0 Å². The molecule has 1 rings (SSSR count). The molecule has 0 fully saturated rings. The van der Waals surface area contributed by atoms with Crippen molar-refractivity contribution in [1.29, 1.82) is 0 Å². The van der Waals surface area contributed by atoms with Crippen LogP contribution >= 0.6 is 22.6 Å². The number of rotatable bonds is 1. The van der Waals surface area contributed by atoms with E-state index in [0.717, 1.165) is 16.4 Å². The highest BCUT2D eigenvalue weighted by atomic mass is 127. The van der Waals surface area contributed by atoms with Crippen LogP contribution in [0.4, 0.5) is 0 Å². The van der Waals surface area contributed by atoms with Gasteiger partial charge in [-0.1, -0.05) is 53.5 Å². The number of hydrogen-bond acceptors (Lipinski definition) is 0. The number of aryl methyl sites for hydroxylation is 1. The Bertz CT molecular complexity index is 287. The zero-order valence-electron chi connectivity index (χ0n) is 7.10. The van der Waals surface area contributed by atoms with E-state index in [2.05, 4.69) is 65.6 Å². The van der Waals surface area contributed by atoms with Crippen LogP contribution in [0.25, 0.3) is 0 Å². The zero-order valence-corrected chi connectivity index (χ0v) is 9.26. The molecule has 1 aromatic carbocycles. The molecule has 0 radical (unpaired) electrons. The van der Waals surface area contributed by atoms with Gasteiger partial charge in [-0.3, -0.25) is 0 Å². The molecule has 0 saturated heterocycles. The molecule has 0 saturated carbocycles. The fourth-order valence-corrected chi connectivity index (χ4v) is 1.15. The largest absolute Gasteiger partial charge is 0.0872 e. The Morgan fingerprint density at radius 1 is 1.25 bits per heavy atom. The molecule has 1 heteroatoms. The molecule has 0 nitrogen and oxygen atoms in total. The van der Waals surface area contributed by atoms with Crippen LogP contribution in [0.1, 0.15) is 18.1 Å². The van der Waals surface area contributed by atoms with Crippen LogP contribution in [-0.4, -0.2) is 4.43 Å². The van der Waals surface area contributed by atoms with Crippen LogP contribution in [0.3, 0.4) is 0 Å². The summed E-state index contributed by atoms with van der Waals surface area (Å²) in [6, 6.07) is 8.44. The smallest absolute Gasteiger partial charge is 0.0613 e. The van der Waals surface area contributed by atoms with Crippen LogP contribution in [0, 0.1) is 11.8 Å². The number of halogens is 1. The van der Waals surface area contributed by atoms with Crippen LogP contribution in [0.2, 0.25) is 0 Å². The molecule has 0 N–H and O–H groups in total. The predicted molar refractivity (Wildman–Crippen MR) is 61.6 cm³/mol.